The van der Waals surface area contributed by atoms with Gasteiger partial charge in [0.05, 0.1) is 18.3 Å². The van der Waals surface area contributed by atoms with Gasteiger partial charge in [-0.2, -0.15) is 0 Å². The lowest BCUT2D eigenvalue weighted by Crippen LogP contribution is -2.51. The van der Waals surface area contributed by atoms with E-state index < -0.39 is 5.60 Å². The molecule has 1 aliphatic rings. The van der Waals surface area contributed by atoms with E-state index in [1.54, 1.807) is 16.0 Å². The zero-order valence-electron chi connectivity index (χ0n) is 19.9. The van der Waals surface area contributed by atoms with E-state index in [1.807, 2.05) is 68.7 Å². The maximum Gasteiger partial charge on any atom is 0.410 e. The highest BCUT2D eigenvalue weighted by atomic mass is 35.5. The number of para-hydroxylation sites is 1. The number of carbonyl (C=O) groups excluding carboxylic acids is 2. The van der Waals surface area contributed by atoms with Crippen LogP contribution in [0.3, 0.4) is 0 Å². The molecule has 4 rings (SSSR count). The minimum Gasteiger partial charge on any atom is -0.492 e. The van der Waals surface area contributed by atoms with E-state index in [1.165, 1.54) is 0 Å². The van der Waals surface area contributed by atoms with Crippen molar-refractivity contribution in [3.8, 4) is 11.4 Å². The van der Waals surface area contributed by atoms with Gasteiger partial charge in [0, 0.05) is 37.9 Å². The Morgan fingerprint density at radius 3 is 2.32 bits per heavy atom. The van der Waals surface area contributed by atoms with Crippen molar-refractivity contribution in [2.75, 3.05) is 32.8 Å². The van der Waals surface area contributed by atoms with Crippen molar-refractivity contribution in [2.45, 2.75) is 33.3 Å². The number of ether oxygens (including phenoxy) is 2. The molecule has 1 saturated heterocycles. The van der Waals surface area contributed by atoms with E-state index in [0.29, 0.717) is 60.3 Å². The summed E-state index contributed by atoms with van der Waals surface area (Å²) in [6.45, 7) is 9.43. The molecule has 0 bridgehead atoms. The van der Waals surface area contributed by atoms with E-state index >= 15 is 0 Å². The molecule has 1 aromatic carbocycles. The van der Waals surface area contributed by atoms with Crippen LogP contribution in [0.15, 0.2) is 42.6 Å². The number of nitrogens with zero attached hydrogens (tertiary/aromatic N) is 4. The van der Waals surface area contributed by atoms with Gasteiger partial charge in [-0.3, -0.25) is 9.36 Å². The summed E-state index contributed by atoms with van der Waals surface area (Å²) in [5.74, 6) is 0.386. The van der Waals surface area contributed by atoms with Gasteiger partial charge in [-0.15, -0.1) is 0 Å². The molecule has 0 saturated carbocycles. The first-order chi connectivity index (χ1) is 16.2. The number of pyridine rings is 1. The van der Waals surface area contributed by atoms with Crippen molar-refractivity contribution in [3.63, 3.8) is 0 Å². The van der Waals surface area contributed by atoms with Gasteiger partial charge in [-0.25, -0.2) is 9.78 Å². The van der Waals surface area contributed by atoms with Crippen LogP contribution in [0.1, 0.15) is 38.1 Å². The Hall–Kier alpha value is -3.26. The normalized spacial score (nSPS) is 14.4. The maximum absolute atomic E-state index is 13.6. The average molecular weight is 485 g/mol. The highest BCUT2D eigenvalue weighted by Crippen LogP contribution is 2.34. The second-order valence-corrected chi connectivity index (χ2v) is 9.43. The van der Waals surface area contributed by atoms with E-state index in [0.717, 1.165) is 5.69 Å². The average Bonchev–Trinajstić information content (AvgIpc) is 3.09. The highest BCUT2D eigenvalue weighted by Gasteiger charge is 2.32. The quantitative estimate of drug-likeness (QED) is 0.533. The third-order valence-corrected chi connectivity index (χ3v) is 5.84. The van der Waals surface area contributed by atoms with Crippen LogP contribution < -0.4 is 4.74 Å². The minimum atomic E-state index is -0.567. The summed E-state index contributed by atoms with van der Waals surface area (Å²) in [4.78, 5) is 33.9. The van der Waals surface area contributed by atoms with Crippen molar-refractivity contribution in [2.24, 2.45) is 0 Å². The summed E-state index contributed by atoms with van der Waals surface area (Å²) in [6.07, 6.45) is 1.23. The minimum absolute atomic E-state index is 0.217. The molecule has 34 heavy (non-hydrogen) atoms. The van der Waals surface area contributed by atoms with Gasteiger partial charge in [0.2, 0.25) is 0 Å². The van der Waals surface area contributed by atoms with Crippen LogP contribution in [-0.4, -0.2) is 69.7 Å². The molecule has 180 valence electrons. The SMILES string of the molecule is CCOc1cnc2c(C(=O)N3CCN(C(=O)OC(C)(C)C)CC3)c(Cl)n(-c3ccccc3)c2c1. The molecule has 2 aromatic heterocycles. The fourth-order valence-electron chi connectivity index (χ4n) is 3.95. The van der Waals surface area contributed by atoms with Gasteiger partial charge in [-0.05, 0) is 39.8 Å². The van der Waals surface area contributed by atoms with Gasteiger partial charge in [0.25, 0.3) is 5.91 Å². The number of fused-ring (bicyclic) bond motifs is 1. The highest BCUT2D eigenvalue weighted by molar-refractivity contribution is 6.35. The third-order valence-electron chi connectivity index (χ3n) is 5.48. The lowest BCUT2D eigenvalue weighted by Gasteiger charge is -2.35. The second-order valence-electron chi connectivity index (χ2n) is 9.07. The number of hydrogen-bond donors (Lipinski definition) is 0. The van der Waals surface area contributed by atoms with E-state index in [4.69, 9.17) is 21.1 Å². The van der Waals surface area contributed by atoms with Crippen molar-refractivity contribution in [1.29, 1.82) is 0 Å². The van der Waals surface area contributed by atoms with E-state index in [9.17, 15) is 9.59 Å². The lowest BCUT2D eigenvalue weighted by molar-refractivity contribution is 0.0141. The van der Waals surface area contributed by atoms with Crippen LogP contribution in [0, 0.1) is 0 Å². The van der Waals surface area contributed by atoms with Gasteiger partial charge >= 0.3 is 6.09 Å². The molecule has 0 atom stereocenters. The number of halogens is 1. The van der Waals surface area contributed by atoms with Crippen LogP contribution in [-0.2, 0) is 4.74 Å². The van der Waals surface area contributed by atoms with E-state index in [2.05, 4.69) is 4.98 Å². The summed E-state index contributed by atoms with van der Waals surface area (Å²) in [5.41, 5.74) is 1.80. The smallest absolute Gasteiger partial charge is 0.410 e. The van der Waals surface area contributed by atoms with Crippen LogP contribution in [0.25, 0.3) is 16.7 Å². The summed E-state index contributed by atoms with van der Waals surface area (Å²) in [5, 5.41) is 0.293. The van der Waals surface area contributed by atoms with Crippen LogP contribution in [0.4, 0.5) is 4.79 Å². The van der Waals surface area contributed by atoms with Crippen LogP contribution in [0.5, 0.6) is 5.75 Å². The Kier molecular flexibility index (Phi) is 6.70. The molecule has 0 radical (unpaired) electrons. The molecule has 2 amide bonds. The maximum atomic E-state index is 13.6. The van der Waals surface area contributed by atoms with Crippen molar-refractivity contribution in [3.05, 3.63) is 53.3 Å². The first-order valence-electron chi connectivity index (χ1n) is 11.3. The number of hydrogen-bond acceptors (Lipinski definition) is 5. The van der Waals surface area contributed by atoms with Gasteiger partial charge in [0.1, 0.15) is 27.6 Å². The molecular weight excluding hydrogens is 456 g/mol. The number of benzene rings is 1. The molecule has 3 aromatic rings. The monoisotopic (exact) mass is 484 g/mol. The number of amides is 2. The van der Waals surface area contributed by atoms with Gasteiger partial charge < -0.3 is 19.3 Å². The Bertz CT molecular complexity index is 1200. The van der Waals surface area contributed by atoms with Crippen molar-refractivity contribution < 1.29 is 19.1 Å². The fraction of sp³-hybridized carbons (Fsp3) is 0.400. The Balaban J connectivity index is 1.65. The summed E-state index contributed by atoms with van der Waals surface area (Å²) in [6, 6.07) is 11.4. The summed E-state index contributed by atoms with van der Waals surface area (Å²) >= 11 is 6.83. The molecule has 3 heterocycles. The number of piperazine rings is 1. The second kappa shape index (κ2) is 9.54. The summed E-state index contributed by atoms with van der Waals surface area (Å²) in [7, 11) is 0. The predicted octanol–water partition coefficient (Wildman–Crippen LogP) is 4.77. The van der Waals surface area contributed by atoms with Crippen LogP contribution in [0.2, 0.25) is 5.15 Å². The van der Waals surface area contributed by atoms with E-state index in [-0.39, 0.29) is 12.0 Å². The molecular formula is C25H29ClN4O4. The molecule has 0 N–H and O–H groups in total. The number of rotatable bonds is 4. The van der Waals surface area contributed by atoms with Gasteiger partial charge in [-0.1, -0.05) is 29.8 Å². The number of carbonyl (C=O) groups is 2. The van der Waals surface area contributed by atoms with Crippen molar-refractivity contribution in [1.82, 2.24) is 19.4 Å². The Labute approximate surface area is 204 Å². The zero-order chi connectivity index (χ0) is 24.5. The molecule has 1 aliphatic heterocycles. The van der Waals surface area contributed by atoms with Crippen molar-refractivity contribution >= 4 is 34.6 Å². The Morgan fingerprint density at radius 1 is 1.06 bits per heavy atom. The third kappa shape index (κ3) is 4.82. The summed E-state index contributed by atoms with van der Waals surface area (Å²) < 4.78 is 12.9. The molecule has 9 heteroatoms. The van der Waals surface area contributed by atoms with Gasteiger partial charge in [0.15, 0.2) is 0 Å². The lowest BCUT2D eigenvalue weighted by atomic mass is 10.2. The number of aromatic nitrogens is 2. The topological polar surface area (TPSA) is 76.9 Å². The molecule has 0 aliphatic carbocycles. The molecule has 0 spiro atoms. The standard InChI is InChI=1S/C25H29ClN4O4/c1-5-33-18-15-19-21(27-16-18)20(22(26)30(19)17-9-7-6-8-10-17)23(31)28-11-13-29(14-12-28)24(32)34-25(2,3)4/h6-10,15-16H,5,11-14H2,1-4H3. The molecule has 0 unspecified atom stereocenters. The Morgan fingerprint density at radius 2 is 1.71 bits per heavy atom. The molecule has 8 nitrogen and oxygen atoms in total. The van der Waals surface area contributed by atoms with Crippen LogP contribution >= 0.6 is 11.6 Å². The predicted molar refractivity (Wildman–Crippen MR) is 131 cm³/mol. The molecule has 1 fully saturated rings. The fourth-order valence-corrected chi connectivity index (χ4v) is 4.31. The first kappa shape index (κ1) is 23.9. The largest absolute Gasteiger partial charge is 0.492 e. The zero-order valence-corrected chi connectivity index (χ0v) is 20.6. The first-order valence-corrected chi connectivity index (χ1v) is 11.7.